The minimum Gasteiger partial charge on any atom is -0.472 e. The summed E-state index contributed by atoms with van der Waals surface area (Å²) in [6.07, 6.45) is -8.25. The van der Waals surface area contributed by atoms with Gasteiger partial charge in [-0.15, -0.1) is 0 Å². The van der Waals surface area contributed by atoms with E-state index in [1.165, 1.54) is 19.5 Å². The lowest BCUT2D eigenvalue weighted by Gasteiger charge is -2.62. The summed E-state index contributed by atoms with van der Waals surface area (Å²) in [5, 5.41) is 63.8. The van der Waals surface area contributed by atoms with Crippen LogP contribution in [-0.4, -0.2) is 104 Å². The van der Waals surface area contributed by atoms with Crippen molar-refractivity contribution in [1.82, 2.24) is 0 Å². The Morgan fingerprint density at radius 1 is 1.13 bits per heavy atom. The van der Waals surface area contributed by atoms with E-state index in [0.717, 1.165) is 0 Å². The smallest absolute Gasteiger partial charge is 0.339 e. The zero-order valence-electron chi connectivity index (χ0n) is 21.7. The number of carbonyl (C=O) groups excluding carboxylic acids is 2. The van der Waals surface area contributed by atoms with Gasteiger partial charge in [0.2, 0.25) is 0 Å². The van der Waals surface area contributed by atoms with Crippen LogP contribution in [0.5, 0.6) is 0 Å². The molecule has 0 radical (unpaired) electrons. The monoisotopic (exact) mass is 556 g/mol. The second-order valence-electron chi connectivity index (χ2n) is 11.4. The van der Waals surface area contributed by atoms with Gasteiger partial charge in [-0.25, -0.2) is 4.79 Å². The topological polar surface area (TPSA) is 206 Å². The van der Waals surface area contributed by atoms with E-state index in [-0.39, 0.29) is 25.7 Å². The van der Waals surface area contributed by atoms with Gasteiger partial charge in [-0.3, -0.25) is 4.79 Å². The molecule has 13 atom stereocenters. The van der Waals surface area contributed by atoms with Crippen molar-refractivity contribution in [2.45, 2.75) is 100 Å². The van der Waals surface area contributed by atoms with Crippen LogP contribution in [0.2, 0.25) is 0 Å². The largest absolute Gasteiger partial charge is 0.472 e. The van der Waals surface area contributed by atoms with Crippen molar-refractivity contribution in [1.29, 1.82) is 0 Å². The number of hydrogen-bond acceptors (Lipinski definition) is 13. The molecule has 2 saturated heterocycles. The maximum absolute atomic E-state index is 13.2. The SMILES string of the molecule is CC(=O)O[C@H]1C[C@@H](O[C@@H]2O[C@H](CO)[C@@H](O)[C@H](O)[C@H]2O)[C@H]2CC[C@@]3(O)C(=O)O[C@H](c4ccoc4)C[C@@]3(C)[C@@H]2[C@H]1O. The van der Waals surface area contributed by atoms with E-state index in [9.17, 15) is 40.2 Å². The average Bonchev–Trinajstić information content (AvgIpc) is 3.42. The summed E-state index contributed by atoms with van der Waals surface area (Å²) < 4.78 is 27.9. The van der Waals surface area contributed by atoms with Crippen LogP contribution in [0.15, 0.2) is 23.0 Å². The Morgan fingerprint density at radius 2 is 1.87 bits per heavy atom. The molecule has 5 rings (SSSR count). The molecule has 13 nitrogen and oxygen atoms in total. The van der Waals surface area contributed by atoms with Crippen LogP contribution < -0.4 is 0 Å². The fraction of sp³-hybridized carbons (Fsp3) is 0.769. The lowest BCUT2D eigenvalue weighted by atomic mass is 9.47. The van der Waals surface area contributed by atoms with E-state index >= 15 is 0 Å². The molecule has 13 heteroatoms. The molecule has 0 bridgehead atoms. The zero-order chi connectivity index (χ0) is 28.3. The summed E-state index contributed by atoms with van der Waals surface area (Å²) in [5.41, 5.74) is -2.62. The molecule has 0 amide bonds. The predicted molar refractivity (Wildman–Crippen MR) is 126 cm³/mol. The highest BCUT2D eigenvalue weighted by molar-refractivity contribution is 5.82. The molecule has 2 aliphatic carbocycles. The molecule has 2 aliphatic heterocycles. The number of rotatable bonds is 5. The lowest BCUT2D eigenvalue weighted by molar-refractivity contribution is -0.332. The molecule has 4 aliphatic rings. The van der Waals surface area contributed by atoms with Crippen LogP contribution in [0.3, 0.4) is 0 Å². The van der Waals surface area contributed by atoms with E-state index in [4.69, 9.17) is 23.4 Å². The maximum Gasteiger partial charge on any atom is 0.339 e. The van der Waals surface area contributed by atoms with E-state index in [1.807, 2.05) is 0 Å². The number of furan rings is 1. The summed E-state index contributed by atoms with van der Waals surface area (Å²) in [5.74, 6) is -2.81. The van der Waals surface area contributed by atoms with Gasteiger partial charge in [-0.2, -0.15) is 0 Å². The van der Waals surface area contributed by atoms with Gasteiger partial charge in [0.1, 0.15) is 36.6 Å². The van der Waals surface area contributed by atoms with Crippen LogP contribution in [0.4, 0.5) is 0 Å². The molecule has 2 saturated carbocycles. The van der Waals surface area contributed by atoms with Crippen LogP contribution in [0.1, 0.15) is 51.2 Å². The first-order valence-electron chi connectivity index (χ1n) is 13.2. The highest BCUT2D eigenvalue weighted by atomic mass is 16.7. The van der Waals surface area contributed by atoms with Crippen molar-refractivity contribution in [2.75, 3.05) is 6.61 Å². The second kappa shape index (κ2) is 10.4. The minimum atomic E-state index is -1.94. The van der Waals surface area contributed by atoms with Gasteiger partial charge in [0.05, 0.1) is 31.3 Å². The summed E-state index contributed by atoms with van der Waals surface area (Å²) >= 11 is 0. The Balaban J connectivity index is 1.50. The fourth-order valence-corrected chi connectivity index (χ4v) is 7.19. The van der Waals surface area contributed by atoms with Crippen molar-refractivity contribution in [3.63, 3.8) is 0 Å². The zero-order valence-corrected chi connectivity index (χ0v) is 21.7. The Hall–Kier alpha value is -2.10. The third kappa shape index (κ3) is 4.58. The van der Waals surface area contributed by atoms with E-state index < -0.39 is 96.5 Å². The van der Waals surface area contributed by atoms with Crippen molar-refractivity contribution in [2.24, 2.45) is 17.3 Å². The van der Waals surface area contributed by atoms with Crippen molar-refractivity contribution in [3.05, 3.63) is 24.2 Å². The van der Waals surface area contributed by atoms with Crippen LogP contribution >= 0.6 is 0 Å². The third-order valence-corrected chi connectivity index (χ3v) is 9.26. The van der Waals surface area contributed by atoms with Gasteiger partial charge < -0.3 is 54.0 Å². The van der Waals surface area contributed by atoms with E-state index in [1.54, 1.807) is 13.0 Å². The summed E-state index contributed by atoms with van der Waals surface area (Å²) in [6.45, 7) is 2.25. The maximum atomic E-state index is 13.2. The molecular formula is C26H36O13. The first-order chi connectivity index (χ1) is 18.4. The van der Waals surface area contributed by atoms with Crippen molar-refractivity contribution in [3.8, 4) is 0 Å². The number of aliphatic hydroxyl groups is 6. The highest BCUT2D eigenvalue weighted by Gasteiger charge is 2.69. The van der Waals surface area contributed by atoms with Gasteiger partial charge in [0.15, 0.2) is 11.9 Å². The van der Waals surface area contributed by atoms with Crippen LogP contribution in [0.25, 0.3) is 0 Å². The molecular weight excluding hydrogens is 520 g/mol. The molecule has 1 aromatic rings. The molecule has 0 aromatic carbocycles. The van der Waals surface area contributed by atoms with Crippen molar-refractivity contribution < 1.29 is 63.6 Å². The summed E-state index contributed by atoms with van der Waals surface area (Å²) in [6, 6.07) is 1.65. The fourth-order valence-electron chi connectivity index (χ4n) is 7.19. The standard InChI is InChI=1S/C26H36O13/c1-11(28)36-15-7-14(37-23-22(32)21(31)20(30)17(9-27)38-23)13-3-5-26(34)24(33)39-16(12-4-6-35-10-12)8-25(26,2)18(13)19(15)29/h4,6,10,13-23,27,29-32,34H,3,5,7-9H2,1-2H3/t13-,14-,15+,16+,17-,18+,19+,20-,21+,22-,23-,25+,26-/m1/s1. The van der Waals surface area contributed by atoms with Gasteiger partial charge >= 0.3 is 11.9 Å². The Labute approximate surface area is 224 Å². The number of hydrogen-bond donors (Lipinski definition) is 6. The normalized spacial score (nSPS) is 48.0. The van der Waals surface area contributed by atoms with E-state index in [2.05, 4.69) is 0 Å². The molecule has 1 aromatic heterocycles. The number of fused-ring (bicyclic) bond motifs is 3. The van der Waals surface area contributed by atoms with Gasteiger partial charge in [0.25, 0.3) is 0 Å². The molecule has 3 heterocycles. The van der Waals surface area contributed by atoms with Crippen LogP contribution in [0, 0.1) is 17.3 Å². The number of aliphatic hydroxyl groups excluding tert-OH is 5. The number of cyclic esters (lactones) is 1. The van der Waals surface area contributed by atoms with E-state index in [0.29, 0.717) is 5.56 Å². The van der Waals surface area contributed by atoms with Crippen LogP contribution in [-0.2, 0) is 28.5 Å². The number of carbonyl (C=O) groups is 2. The van der Waals surface area contributed by atoms with Gasteiger partial charge in [0, 0.05) is 30.2 Å². The summed E-state index contributed by atoms with van der Waals surface area (Å²) in [7, 11) is 0. The first kappa shape index (κ1) is 28.4. The molecule has 6 N–H and O–H groups in total. The lowest BCUT2D eigenvalue weighted by Crippen LogP contribution is -2.70. The number of esters is 2. The molecule has 39 heavy (non-hydrogen) atoms. The molecule has 0 spiro atoms. The van der Waals surface area contributed by atoms with Gasteiger partial charge in [-0.05, 0) is 31.2 Å². The quantitative estimate of drug-likeness (QED) is 0.239. The third-order valence-electron chi connectivity index (χ3n) is 9.26. The van der Waals surface area contributed by atoms with Crippen molar-refractivity contribution >= 4 is 11.9 Å². The minimum absolute atomic E-state index is 0.00104. The Kier molecular flexibility index (Phi) is 7.57. The Bertz CT molecular complexity index is 1040. The molecule has 218 valence electrons. The Morgan fingerprint density at radius 3 is 2.51 bits per heavy atom. The number of ether oxygens (including phenoxy) is 4. The highest BCUT2D eigenvalue weighted by Crippen LogP contribution is 2.62. The average molecular weight is 557 g/mol. The molecule has 4 fully saturated rings. The second-order valence-corrected chi connectivity index (χ2v) is 11.4. The predicted octanol–water partition coefficient (Wildman–Crippen LogP) is -1.09. The summed E-state index contributed by atoms with van der Waals surface area (Å²) in [4.78, 5) is 25.2. The first-order valence-corrected chi connectivity index (χ1v) is 13.2. The molecule has 0 unspecified atom stereocenters. The van der Waals surface area contributed by atoms with Gasteiger partial charge in [-0.1, -0.05) is 6.92 Å².